The monoisotopic (exact) mass is 362 g/mol. The Morgan fingerprint density at radius 1 is 1.11 bits per heavy atom. The van der Waals surface area contributed by atoms with Gasteiger partial charge in [-0.1, -0.05) is 60.6 Å². The Balaban J connectivity index is 1.88. The zero-order valence-corrected chi connectivity index (χ0v) is 15.6. The Labute approximate surface area is 158 Å². The fourth-order valence-electron chi connectivity index (χ4n) is 2.87. The molecule has 27 heavy (non-hydrogen) atoms. The van der Waals surface area contributed by atoms with Gasteiger partial charge in [0.25, 0.3) is 0 Å². The number of carbonyl (C=O) groups excluding carboxylic acids is 1. The third-order valence-corrected chi connectivity index (χ3v) is 4.41. The molecule has 0 saturated carbocycles. The summed E-state index contributed by atoms with van der Waals surface area (Å²) < 4.78 is 5.16. The van der Waals surface area contributed by atoms with Crippen molar-refractivity contribution in [2.24, 2.45) is 4.99 Å². The molecule has 1 unspecified atom stereocenters. The molecular formula is C21H22N4O2. The predicted octanol–water partition coefficient (Wildman–Crippen LogP) is 3.67. The molecule has 2 N–H and O–H groups in total. The van der Waals surface area contributed by atoms with Crippen LogP contribution in [0.1, 0.15) is 40.0 Å². The van der Waals surface area contributed by atoms with Crippen molar-refractivity contribution in [2.75, 3.05) is 19.4 Å². The van der Waals surface area contributed by atoms with E-state index in [-0.39, 0.29) is 11.7 Å². The van der Waals surface area contributed by atoms with Gasteiger partial charge in [-0.3, -0.25) is 9.79 Å². The number of rotatable bonds is 5. The van der Waals surface area contributed by atoms with Crippen molar-refractivity contribution in [3.05, 3.63) is 83.2 Å². The average Bonchev–Trinajstić information content (AvgIpc) is 3.19. The molecule has 3 rings (SSSR count). The summed E-state index contributed by atoms with van der Waals surface area (Å²) in [5.41, 5.74) is 3.78. The maximum Gasteiger partial charge on any atom is 0.195 e. The number of aliphatic imine (C=N–C) groups is 1. The molecule has 0 radical (unpaired) electrons. The first-order chi connectivity index (χ1) is 13.1. The quantitative estimate of drug-likeness (QED) is 0.411. The van der Waals surface area contributed by atoms with Crippen molar-refractivity contribution in [1.82, 2.24) is 10.5 Å². The lowest BCUT2D eigenvalue weighted by molar-refractivity contribution is 0.103. The van der Waals surface area contributed by atoms with Crippen molar-refractivity contribution in [1.29, 1.82) is 0 Å². The van der Waals surface area contributed by atoms with E-state index in [1.54, 1.807) is 20.4 Å². The molecule has 0 aliphatic heterocycles. The van der Waals surface area contributed by atoms with E-state index in [4.69, 9.17) is 4.52 Å². The van der Waals surface area contributed by atoms with Crippen molar-refractivity contribution in [2.45, 2.75) is 12.8 Å². The first kappa shape index (κ1) is 18.4. The van der Waals surface area contributed by atoms with Crippen LogP contribution in [0.25, 0.3) is 0 Å². The van der Waals surface area contributed by atoms with E-state index >= 15 is 0 Å². The minimum Gasteiger partial charge on any atom is -0.362 e. The van der Waals surface area contributed by atoms with Crippen LogP contribution in [-0.4, -0.2) is 31.0 Å². The summed E-state index contributed by atoms with van der Waals surface area (Å²) in [4.78, 5) is 16.8. The van der Waals surface area contributed by atoms with E-state index in [0.717, 1.165) is 16.9 Å². The van der Waals surface area contributed by atoms with E-state index in [1.165, 1.54) is 0 Å². The van der Waals surface area contributed by atoms with Gasteiger partial charge >= 0.3 is 0 Å². The van der Waals surface area contributed by atoms with Crippen LogP contribution in [0.5, 0.6) is 0 Å². The average molecular weight is 362 g/mol. The smallest absolute Gasteiger partial charge is 0.195 e. The van der Waals surface area contributed by atoms with Crippen LogP contribution in [0.2, 0.25) is 0 Å². The van der Waals surface area contributed by atoms with Gasteiger partial charge in [0.2, 0.25) is 0 Å². The highest BCUT2D eigenvalue weighted by Gasteiger charge is 2.19. The van der Waals surface area contributed by atoms with Gasteiger partial charge in [0.05, 0.1) is 0 Å². The molecule has 1 atom stereocenters. The molecule has 1 heterocycles. The minimum absolute atomic E-state index is 0.00117. The van der Waals surface area contributed by atoms with Gasteiger partial charge in [0.1, 0.15) is 17.6 Å². The number of ketones is 1. The molecule has 0 aliphatic carbocycles. The van der Waals surface area contributed by atoms with Crippen molar-refractivity contribution < 1.29 is 9.32 Å². The zero-order chi connectivity index (χ0) is 19.2. The highest BCUT2D eigenvalue weighted by Crippen LogP contribution is 2.29. The summed E-state index contributed by atoms with van der Waals surface area (Å²) in [7, 11) is 3.47. The van der Waals surface area contributed by atoms with E-state index in [0.29, 0.717) is 17.1 Å². The van der Waals surface area contributed by atoms with Gasteiger partial charge in [-0.2, -0.15) is 0 Å². The molecule has 0 amide bonds. The largest absolute Gasteiger partial charge is 0.362 e. The fraction of sp³-hybridized carbons (Fsp3) is 0.190. The number of aromatic nitrogens is 1. The van der Waals surface area contributed by atoms with E-state index in [2.05, 4.69) is 20.8 Å². The molecule has 0 fully saturated rings. The minimum atomic E-state index is -0.0651. The van der Waals surface area contributed by atoms with Gasteiger partial charge in [-0.05, 0) is 11.6 Å². The normalized spacial score (nSPS) is 12.5. The molecule has 0 saturated heterocycles. The molecule has 138 valence electrons. The molecule has 3 aromatic rings. The van der Waals surface area contributed by atoms with Crippen molar-refractivity contribution in [3.8, 4) is 0 Å². The second-order valence-corrected chi connectivity index (χ2v) is 6.10. The number of anilines is 1. The highest BCUT2D eigenvalue weighted by atomic mass is 16.5. The third kappa shape index (κ3) is 4.06. The molecule has 0 aliphatic rings. The molecule has 6 nitrogen and oxygen atoms in total. The van der Waals surface area contributed by atoms with Crippen LogP contribution in [0.3, 0.4) is 0 Å². The summed E-state index contributed by atoms with van der Waals surface area (Å²) >= 11 is 0. The molecule has 0 bridgehead atoms. The van der Waals surface area contributed by atoms with Crippen LogP contribution in [0.15, 0.2) is 70.4 Å². The number of carbonyl (C=O) groups is 1. The number of hydrogen-bond acceptors (Lipinski definition) is 4. The lowest BCUT2D eigenvalue weighted by atomic mass is 9.93. The number of hydrogen-bond donors (Lipinski definition) is 2. The maximum absolute atomic E-state index is 12.7. The van der Waals surface area contributed by atoms with Crippen molar-refractivity contribution >= 4 is 17.4 Å². The van der Waals surface area contributed by atoms with E-state index in [1.807, 2.05) is 61.5 Å². The number of nitrogens with one attached hydrogen (secondary N) is 2. The van der Waals surface area contributed by atoms with E-state index in [9.17, 15) is 4.79 Å². The molecule has 0 spiro atoms. The van der Waals surface area contributed by atoms with Gasteiger partial charge in [-0.25, -0.2) is 0 Å². The first-order valence-corrected chi connectivity index (χ1v) is 8.69. The lowest BCUT2D eigenvalue weighted by Crippen LogP contribution is -2.27. The molecular weight excluding hydrogens is 340 g/mol. The third-order valence-electron chi connectivity index (χ3n) is 4.41. The summed E-state index contributed by atoms with van der Waals surface area (Å²) in [6, 6.07) is 16.9. The van der Waals surface area contributed by atoms with Crippen molar-refractivity contribution in [3.63, 3.8) is 0 Å². The Kier molecular flexibility index (Phi) is 5.66. The summed E-state index contributed by atoms with van der Waals surface area (Å²) in [5, 5.41) is 10.3. The molecule has 2 aromatic carbocycles. The summed E-state index contributed by atoms with van der Waals surface area (Å²) in [6.07, 6.45) is 1.55. The number of benzene rings is 2. The Morgan fingerprint density at radius 3 is 2.56 bits per heavy atom. The summed E-state index contributed by atoms with van der Waals surface area (Å²) in [5.74, 6) is 0.545. The predicted molar refractivity (Wildman–Crippen MR) is 106 cm³/mol. The number of nitrogens with zero attached hydrogens (tertiary/aromatic N) is 2. The zero-order valence-electron chi connectivity index (χ0n) is 15.6. The van der Waals surface area contributed by atoms with Crippen LogP contribution < -0.4 is 10.6 Å². The second kappa shape index (κ2) is 8.31. The first-order valence-electron chi connectivity index (χ1n) is 8.69. The highest BCUT2D eigenvalue weighted by molar-refractivity contribution is 6.09. The molecule has 1 aromatic heterocycles. The van der Waals surface area contributed by atoms with Gasteiger partial charge < -0.3 is 15.2 Å². The second-order valence-electron chi connectivity index (χ2n) is 6.10. The SMILES string of the molecule is CN=C(NC)Nc1conc1C(C)c1cccc(C(=O)c2ccccc2)c1. The number of guanidine groups is 1. The Hall–Kier alpha value is -3.41. The van der Waals surface area contributed by atoms with Crippen LogP contribution in [0, 0.1) is 0 Å². The van der Waals surface area contributed by atoms with E-state index < -0.39 is 0 Å². The Morgan fingerprint density at radius 2 is 1.85 bits per heavy atom. The lowest BCUT2D eigenvalue weighted by Gasteiger charge is -2.13. The van der Waals surface area contributed by atoms with Gasteiger partial charge in [-0.15, -0.1) is 0 Å². The van der Waals surface area contributed by atoms with Crippen LogP contribution in [0.4, 0.5) is 5.69 Å². The Bertz CT molecular complexity index is 948. The topological polar surface area (TPSA) is 79.5 Å². The fourth-order valence-corrected chi connectivity index (χ4v) is 2.87. The summed E-state index contributed by atoms with van der Waals surface area (Å²) in [6.45, 7) is 2.03. The standard InChI is InChI=1S/C21H22N4O2/c1-14(19-18(13-27-25-19)24-21(22-2)23-3)16-10-7-11-17(12-16)20(26)15-8-5-4-6-9-15/h4-14H,1-3H3,(H2,22,23,24). The van der Waals surface area contributed by atoms with Gasteiger partial charge in [0, 0.05) is 31.1 Å². The van der Waals surface area contributed by atoms with Crippen LogP contribution in [-0.2, 0) is 0 Å². The van der Waals surface area contributed by atoms with Gasteiger partial charge in [0.15, 0.2) is 11.7 Å². The van der Waals surface area contributed by atoms with Crippen LogP contribution >= 0.6 is 0 Å². The molecule has 6 heteroatoms. The maximum atomic E-state index is 12.7.